The van der Waals surface area contributed by atoms with Gasteiger partial charge in [-0.25, -0.2) is 13.1 Å². The highest BCUT2D eigenvalue weighted by Crippen LogP contribution is 2.25. The summed E-state index contributed by atoms with van der Waals surface area (Å²) in [5, 5.41) is 8.92. The number of sulfonamides is 1. The molecule has 2 aromatic rings. The number of nitrogens with zero attached hydrogens (tertiary/aromatic N) is 1. The van der Waals surface area contributed by atoms with E-state index in [1.54, 1.807) is 0 Å². The summed E-state index contributed by atoms with van der Waals surface area (Å²) in [7, 11) is -2.46. The first-order valence-electron chi connectivity index (χ1n) is 8.21. The SMILES string of the molecule is COc1cc(C#N)ccc1S(=O)(=O)NCC(N)c1ccc(C(C)C)cc1.Cl. The topological polar surface area (TPSA) is 105 Å². The van der Waals surface area contributed by atoms with Gasteiger partial charge in [0, 0.05) is 12.6 Å². The lowest BCUT2D eigenvalue weighted by atomic mass is 9.99. The molecule has 3 N–H and O–H groups in total. The number of nitrogens with one attached hydrogen (secondary N) is 1. The molecule has 0 heterocycles. The van der Waals surface area contributed by atoms with Crippen LogP contribution in [0, 0.1) is 11.3 Å². The highest BCUT2D eigenvalue weighted by molar-refractivity contribution is 7.89. The van der Waals surface area contributed by atoms with Gasteiger partial charge in [-0.05, 0) is 35.2 Å². The monoisotopic (exact) mass is 409 g/mol. The van der Waals surface area contributed by atoms with Gasteiger partial charge in [0.15, 0.2) is 0 Å². The van der Waals surface area contributed by atoms with Crippen LogP contribution in [0.15, 0.2) is 47.4 Å². The van der Waals surface area contributed by atoms with E-state index in [-0.39, 0.29) is 29.6 Å². The number of rotatable bonds is 7. The van der Waals surface area contributed by atoms with Gasteiger partial charge in [0.05, 0.1) is 18.7 Å². The zero-order valence-corrected chi connectivity index (χ0v) is 17.1. The number of methoxy groups -OCH3 is 1. The Morgan fingerprint density at radius 2 is 1.74 bits per heavy atom. The first kappa shape index (κ1) is 22.9. The van der Waals surface area contributed by atoms with E-state index in [1.807, 2.05) is 30.3 Å². The summed E-state index contributed by atoms with van der Waals surface area (Å²) in [4.78, 5) is -0.0265. The molecule has 0 aliphatic carbocycles. The molecule has 146 valence electrons. The molecule has 0 aliphatic heterocycles. The second kappa shape index (κ2) is 9.72. The molecule has 27 heavy (non-hydrogen) atoms. The maximum Gasteiger partial charge on any atom is 0.244 e. The Balaban J connectivity index is 0.00000364. The number of halogens is 1. The molecular formula is C19H24ClN3O3S. The molecule has 0 spiro atoms. The van der Waals surface area contributed by atoms with Crippen LogP contribution in [0.2, 0.25) is 0 Å². The first-order chi connectivity index (χ1) is 12.3. The van der Waals surface area contributed by atoms with Gasteiger partial charge in [-0.3, -0.25) is 0 Å². The molecule has 1 unspecified atom stereocenters. The van der Waals surface area contributed by atoms with Gasteiger partial charge in [0.25, 0.3) is 0 Å². The fraction of sp³-hybridized carbons (Fsp3) is 0.316. The number of ether oxygens (including phenoxy) is 1. The van der Waals surface area contributed by atoms with Crippen molar-refractivity contribution in [2.45, 2.75) is 30.7 Å². The second-order valence-corrected chi connectivity index (χ2v) is 7.99. The van der Waals surface area contributed by atoms with Crippen LogP contribution in [-0.2, 0) is 10.0 Å². The van der Waals surface area contributed by atoms with E-state index in [9.17, 15) is 8.42 Å². The van der Waals surface area contributed by atoms with Crippen molar-refractivity contribution in [2.75, 3.05) is 13.7 Å². The molecule has 0 amide bonds. The smallest absolute Gasteiger partial charge is 0.244 e. The minimum atomic E-state index is -3.82. The third kappa shape index (κ3) is 5.68. The summed E-state index contributed by atoms with van der Waals surface area (Å²) in [5.41, 5.74) is 8.49. The molecule has 0 aliphatic rings. The molecule has 0 saturated heterocycles. The average Bonchev–Trinajstić information content (AvgIpc) is 2.65. The molecular weight excluding hydrogens is 386 g/mol. The average molecular weight is 410 g/mol. The van der Waals surface area contributed by atoms with E-state index in [2.05, 4.69) is 18.6 Å². The van der Waals surface area contributed by atoms with E-state index in [0.717, 1.165) is 5.56 Å². The third-order valence-electron chi connectivity index (χ3n) is 4.11. The molecule has 0 bridgehead atoms. The van der Waals surface area contributed by atoms with Crippen LogP contribution in [0.25, 0.3) is 0 Å². The number of nitrogens with two attached hydrogens (primary N) is 1. The Morgan fingerprint density at radius 1 is 1.15 bits per heavy atom. The van der Waals surface area contributed by atoms with Gasteiger partial charge in [-0.15, -0.1) is 12.4 Å². The Bertz CT molecular complexity index is 907. The Morgan fingerprint density at radius 3 is 2.26 bits per heavy atom. The fourth-order valence-corrected chi connectivity index (χ4v) is 3.69. The van der Waals surface area contributed by atoms with Crippen LogP contribution in [0.1, 0.15) is 42.5 Å². The van der Waals surface area contributed by atoms with E-state index in [4.69, 9.17) is 15.7 Å². The van der Waals surface area contributed by atoms with Crippen molar-refractivity contribution >= 4 is 22.4 Å². The van der Waals surface area contributed by atoms with Crippen LogP contribution >= 0.6 is 12.4 Å². The molecule has 6 nitrogen and oxygen atoms in total. The van der Waals surface area contributed by atoms with Crippen LogP contribution in [0.3, 0.4) is 0 Å². The zero-order valence-electron chi connectivity index (χ0n) is 15.5. The summed E-state index contributed by atoms with van der Waals surface area (Å²) in [5.74, 6) is 0.536. The predicted octanol–water partition coefficient (Wildman–Crippen LogP) is 3.09. The summed E-state index contributed by atoms with van der Waals surface area (Å²) < 4.78 is 32.7. The van der Waals surface area contributed by atoms with Crippen molar-refractivity contribution < 1.29 is 13.2 Å². The predicted molar refractivity (Wildman–Crippen MR) is 108 cm³/mol. The summed E-state index contributed by atoms with van der Waals surface area (Å²) in [6.45, 7) is 4.26. The lowest BCUT2D eigenvalue weighted by Crippen LogP contribution is -2.32. The number of nitriles is 1. The molecule has 8 heteroatoms. The van der Waals surface area contributed by atoms with Gasteiger partial charge in [0.2, 0.25) is 10.0 Å². The van der Waals surface area contributed by atoms with Crippen LogP contribution in [-0.4, -0.2) is 22.1 Å². The number of benzene rings is 2. The largest absolute Gasteiger partial charge is 0.495 e. The van der Waals surface area contributed by atoms with Gasteiger partial charge >= 0.3 is 0 Å². The van der Waals surface area contributed by atoms with Gasteiger partial charge in [0.1, 0.15) is 10.6 Å². The van der Waals surface area contributed by atoms with Crippen LogP contribution in [0.4, 0.5) is 0 Å². The standard InChI is InChI=1S/C19H23N3O3S.ClH/c1-13(2)15-5-7-16(8-6-15)17(21)12-22-26(23,24)19-9-4-14(11-20)10-18(19)25-3;/h4-10,13,17,22H,12,21H2,1-3H3;1H. The molecule has 0 fully saturated rings. The molecule has 2 rings (SSSR count). The zero-order chi connectivity index (χ0) is 19.3. The normalized spacial score (nSPS) is 12.1. The fourth-order valence-electron chi connectivity index (χ4n) is 2.48. The lowest BCUT2D eigenvalue weighted by Gasteiger charge is -2.16. The van der Waals surface area contributed by atoms with Crippen molar-refractivity contribution in [3.8, 4) is 11.8 Å². The highest BCUT2D eigenvalue weighted by atomic mass is 35.5. The minimum Gasteiger partial charge on any atom is -0.495 e. The Labute approximate surface area is 166 Å². The van der Waals surface area contributed by atoms with Gasteiger partial charge < -0.3 is 10.5 Å². The lowest BCUT2D eigenvalue weighted by molar-refractivity contribution is 0.402. The maximum absolute atomic E-state index is 12.6. The second-order valence-electron chi connectivity index (χ2n) is 6.26. The molecule has 0 aromatic heterocycles. The van der Waals surface area contributed by atoms with Crippen molar-refractivity contribution in [3.05, 3.63) is 59.2 Å². The van der Waals surface area contributed by atoms with E-state index >= 15 is 0 Å². The van der Waals surface area contributed by atoms with Crippen molar-refractivity contribution in [3.63, 3.8) is 0 Å². The Hall–Kier alpha value is -2.11. The molecule has 0 saturated carbocycles. The first-order valence-corrected chi connectivity index (χ1v) is 9.70. The summed E-state index contributed by atoms with van der Waals surface area (Å²) in [6.07, 6.45) is 0. The van der Waals surface area contributed by atoms with E-state index in [0.29, 0.717) is 11.5 Å². The molecule has 2 aromatic carbocycles. The minimum absolute atomic E-state index is 0. The quantitative estimate of drug-likeness (QED) is 0.730. The number of hydrogen-bond acceptors (Lipinski definition) is 5. The third-order valence-corrected chi connectivity index (χ3v) is 5.57. The van der Waals surface area contributed by atoms with Crippen molar-refractivity contribution in [1.82, 2.24) is 4.72 Å². The maximum atomic E-state index is 12.6. The Kier molecular flexibility index (Phi) is 8.25. The van der Waals surface area contributed by atoms with E-state index in [1.165, 1.54) is 30.9 Å². The summed E-state index contributed by atoms with van der Waals surface area (Å²) in [6, 6.07) is 13.5. The van der Waals surface area contributed by atoms with Crippen molar-refractivity contribution in [1.29, 1.82) is 5.26 Å². The van der Waals surface area contributed by atoms with Crippen LogP contribution in [0.5, 0.6) is 5.75 Å². The highest BCUT2D eigenvalue weighted by Gasteiger charge is 2.21. The van der Waals surface area contributed by atoms with E-state index < -0.39 is 16.1 Å². The molecule has 0 radical (unpaired) electrons. The summed E-state index contributed by atoms with van der Waals surface area (Å²) >= 11 is 0. The number of hydrogen-bond donors (Lipinski definition) is 2. The van der Waals surface area contributed by atoms with Crippen molar-refractivity contribution in [2.24, 2.45) is 5.73 Å². The van der Waals surface area contributed by atoms with Gasteiger partial charge in [-0.1, -0.05) is 38.1 Å². The molecule has 1 atom stereocenters. The van der Waals surface area contributed by atoms with Gasteiger partial charge in [-0.2, -0.15) is 5.26 Å². The van der Waals surface area contributed by atoms with Crippen LogP contribution < -0.4 is 15.2 Å².